The van der Waals surface area contributed by atoms with Gasteiger partial charge >= 0.3 is 0 Å². The van der Waals surface area contributed by atoms with Gasteiger partial charge in [-0.05, 0) is 41.0 Å². The first kappa shape index (κ1) is 14.9. The Morgan fingerprint density at radius 2 is 2.26 bits per heavy atom. The Kier molecular flexibility index (Phi) is 4.90. The van der Waals surface area contributed by atoms with Gasteiger partial charge in [0.05, 0.1) is 18.7 Å². The number of methoxy groups -OCH3 is 1. The molecular weight excluding hydrogens is 326 g/mol. The van der Waals surface area contributed by atoms with Gasteiger partial charge in [-0.25, -0.2) is 4.98 Å². The highest BCUT2D eigenvalue weighted by atomic mass is 79.9. The Morgan fingerprint density at radius 1 is 1.53 bits per heavy atom. The Hall–Kier alpha value is -0.550. The lowest BCUT2D eigenvalue weighted by Gasteiger charge is -2.28. The van der Waals surface area contributed by atoms with E-state index in [0.717, 1.165) is 16.6 Å². The summed E-state index contributed by atoms with van der Waals surface area (Å²) in [6, 6.07) is 3.73. The fourth-order valence-electron chi connectivity index (χ4n) is 2.50. The van der Waals surface area contributed by atoms with Gasteiger partial charge in [-0.1, -0.05) is 6.92 Å². The molecule has 0 unspecified atom stereocenters. The highest BCUT2D eigenvalue weighted by Gasteiger charge is 2.38. The van der Waals surface area contributed by atoms with Gasteiger partial charge in [-0.2, -0.15) is 0 Å². The Morgan fingerprint density at radius 3 is 2.95 bits per heavy atom. The SMILES string of the molecule is COc1ccc(Br)c(C[C@H]2C(=O)CC[C@@H](C)[C@@H]2[SH2+])n1. The molecule has 1 aliphatic carbocycles. The summed E-state index contributed by atoms with van der Waals surface area (Å²) in [5.41, 5.74) is 0.884. The molecule has 0 amide bonds. The number of aromatic nitrogens is 1. The largest absolute Gasteiger partial charge is 0.481 e. The first-order chi connectivity index (χ1) is 9.02. The van der Waals surface area contributed by atoms with Crippen LogP contribution in [0, 0.1) is 11.8 Å². The van der Waals surface area contributed by atoms with Crippen LogP contribution >= 0.6 is 15.9 Å². The van der Waals surface area contributed by atoms with Crippen LogP contribution in [0.5, 0.6) is 5.88 Å². The standard InChI is InChI=1S/C14H18BrNO2S/c1-8-3-5-12(17)9(14(8)19)7-11-10(15)4-6-13(16-11)18-2/h4,6,8-9,14,19H,3,5,7H2,1-2H3/p+1/t8-,9+,14+/m1/s1. The van der Waals surface area contributed by atoms with E-state index in [1.165, 1.54) is 0 Å². The number of ether oxygens (including phenoxy) is 1. The number of hydrogen-bond donors (Lipinski definition) is 0. The van der Waals surface area contributed by atoms with Crippen molar-refractivity contribution in [1.29, 1.82) is 0 Å². The van der Waals surface area contributed by atoms with Crippen molar-refractivity contribution in [2.45, 2.75) is 31.4 Å². The number of ketones is 1. The van der Waals surface area contributed by atoms with E-state index in [0.29, 0.717) is 30.4 Å². The third kappa shape index (κ3) is 3.31. The molecule has 1 aliphatic rings. The summed E-state index contributed by atoms with van der Waals surface area (Å²) < 4.78 is 6.07. The van der Waals surface area contributed by atoms with Crippen LogP contribution in [0.2, 0.25) is 0 Å². The average molecular weight is 345 g/mol. The molecule has 5 heteroatoms. The molecule has 0 spiro atoms. The molecule has 3 atom stereocenters. The summed E-state index contributed by atoms with van der Waals surface area (Å²) in [4.78, 5) is 16.6. The van der Waals surface area contributed by atoms with Crippen LogP contribution in [0.15, 0.2) is 16.6 Å². The number of carbonyl (C=O) groups is 1. The summed E-state index contributed by atoms with van der Waals surface area (Å²) in [7, 11) is 1.60. The second-order valence-electron chi connectivity index (χ2n) is 5.10. The van der Waals surface area contributed by atoms with Gasteiger partial charge < -0.3 is 4.74 Å². The molecule has 0 radical (unpaired) electrons. The minimum Gasteiger partial charge on any atom is -0.481 e. The molecule has 1 fully saturated rings. The molecule has 0 saturated heterocycles. The second-order valence-corrected chi connectivity index (χ2v) is 6.62. The van der Waals surface area contributed by atoms with Crippen LogP contribution in [0.1, 0.15) is 25.5 Å². The fourth-order valence-corrected chi connectivity index (χ4v) is 3.36. The molecule has 1 heterocycles. The molecule has 1 saturated carbocycles. The predicted octanol–water partition coefficient (Wildman–Crippen LogP) is 2.39. The van der Waals surface area contributed by atoms with Crippen molar-refractivity contribution in [1.82, 2.24) is 4.98 Å². The molecule has 3 nitrogen and oxygen atoms in total. The van der Waals surface area contributed by atoms with Gasteiger partial charge in [-0.15, -0.1) is 0 Å². The molecule has 19 heavy (non-hydrogen) atoms. The topological polar surface area (TPSA) is 39.2 Å². The van der Waals surface area contributed by atoms with Crippen molar-refractivity contribution < 1.29 is 9.53 Å². The van der Waals surface area contributed by atoms with Crippen LogP contribution in [-0.2, 0) is 23.8 Å². The first-order valence-corrected chi connectivity index (χ1v) is 7.83. The second kappa shape index (κ2) is 6.27. The van der Waals surface area contributed by atoms with E-state index in [2.05, 4.69) is 40.5 Å². The van der Waals surface area contributed by atoms with E-state index in [-0.39, 0.29) is 11.2 Å². The summed E-state index contributed by atoms with van der Waals surface area (Å²) in [5, 5.41) is 0.223. The normalized spacial score (nSPS) is 27.4. The molecule has 1 aromatic rings. The Labute approximate surface area is 127 Å². The van der Waals surface area contributed by atoms with E-state index in [1.807, 2.05) is 12.1 Å². The van der Waals surface area contributed by atoms with Crippen molar-refractivity contribution in [3.63, 3.8) is 0 Å². The number of Topliss-reactive ketones (excluding diaryl/α,β-unsaturated/α-hetero) is 1. The number of hydrogen-bond acceptors (Lipinski definition) is 3. The fraction of sp³-hybridized carbons (Fsp3) is 0.571. The van der Waals surface area contributed by atoms with E-state index in [4.69, 9.17) is 4.74 Å². The zero-order valence-corrected chi connectivity index (χ0v) is 13.7. The maximum atomic E-state index is 12.1. The Balaban J connectivity index is 2.21. The predicted molar refractivity (Wildman–Crippen MR) is 83.0 cm³/mol. The molecule has 2 rings (SSSR count). The van der Waals surface area contributed by atoms with E-state index in [9.17, 15) is 4.79 Å². The number of halogens is 1. The van der Waals surface area contributed by atoms with Crippen LogP contribution in [0.25, 0.3) is 0 Å². The minimum absolute atomic E-state index is 0.00340. The third-order valence-corrected chi connectivity index (χ3v) is 5.52. The first-order valence-electron chi connectivity index (χ1n) is 6.46. The van der Waals surface area contributed by atoms with Crippen molar-refractivity contribution in [3.05, 3.63) is 22.3 Å². The maximum absolute atomic E-state index is 12.1. The van der Waals surface area contributed by atoms with Gasteiger partial charge in [0.15, 0.2) is 0 Å². The van der Waals surface area contributed by atoms with E-state index >= 15 is 0 Å². The van der Waals surface area contributed by atoms with Crippen LogP contribution in [-0.4, -0.2) is 23.1 Å². The van der Waals surface area contributed by atoms with Gasteiger partial charge in [0.2, 0.25) is 5.88 Å². The third-order valence-electron chi connectivity index (χ3n) is 3.82. The van der Waals surface area contributed by atoms with Gasteiger partial charge in [0.1, 0.15) is 11.0 Å². The lowest BCUT2D eigenvalue weighted by molar-refractivity contribution is -0.125. The highest BCUT2D eigenvalue weighted by Crippen LogP contribution is 2.31. The van der Waals surface area contributed by atoms with Gasteiger partial charge in [0.25, 0.3) is 0 Å². The quantitative estimate of drug-likeness (QED) is 0.790. The molecule has 0 aromatic carbocycles. The number of rotatable bonds is 3. The molecule has 1 aromatic heterocycles. The average Bonchev–Trinajstić information content (AvgIpc) is 2.41. The smallest absolute Gasteiger partial charge is 0.213 e. The molecule has 0 bridgehead atoms. The summed E-state index contributed by atoms with van der Waals surface area (Å²) in [5.74, 6) is 1.43. The number of carbonyl (C=O) groups excluding carboxylic acids is 1. The zero-order chi connectivity index (χ0) is 14.0. The molecule has 0 N–H and O–H groups in total. The van der Waals surface area contributed by atoms with Crippen LogP contribution in [0.4, 0.5) is 0 Å². The maximum Gasteiger partial charge on any atom is 0.213 e. The van der Waals surface area contributed by atoms with Crippen molar-refractivity contribution in [3.8, 4) is 5.88 Å². The zero-order valence-electron chi connectivity index (χ0n) is 11.1. The molecule has 0 aliphatic heterocycles. The minimum atomic E-state index is -0.00340. The van der Waals surface area contributed by atoms with Crippen LogP contribution in [0.3, 0.4) is 0 Å². The lowest BCUT2D eigenvalue weighted by atomic mass is 9.78. The highest BCUT2D eigenvalue weighted by molar-refractivity contribution is 9.10. The van der Waals surface area contributed by atoms with Crippen LogP contribution < -0.4 is 4.74 Å². The van der Waals surface area contributed by atoms with E-state index < -0.39 is 0 Å². The molecule has 104 valence electrons. The van der Waals surface area contributed by atoms with Crippen molar-refractivity contribution in [2.24, 2.45) is 11.8 Å². The van der Waals surface area contributed by atoms with Gasteiger partial charge in [0, 0.05) is 29.3 Å². The summed E-state index contributed by atoms with van der Waals surface area (Å²) >= 11 is 7.23. The summed E-state index contributed by atoms with van der Waals surface area (Å²) in [6.45, 7) is 2.19. The lowest BCUT2D eigenvalue weighted by Crippen LogP contribution is -2.38. The summed E-state index contributed by atoms with van der Waals surface area (Å²) in [6.07, 6.45) is 2.29. The monoisotopic (exact) mass is 344 g/mol. The van der Waals surface area contributed by atoms with E-state index in [1.54, 1.807) is 7.11 Å². The van der Waals surface area contributed by atoms with Gasteiger partial charge in [-0.3, -0.25) is 4.79 Å². The number of nitrogens with zero attached hydrogens (tertiary/aromatic N) is 1. The van der Waals surface area contributed by atoms with Crippen molar-refractivity contribution in [2.75, 3.05) is 7.11 Å². The molecular formula is C14H19BrNO2S+. The Bertz CT molecular complexity index is 481. The number of pyridine rings is 1. The van der Waals surface area contributed by atoms with Crippen molar-refractivity contribution >= 4 is 34.3 Å².